The molecular formula is C53H30N4O2. The first-order valence-corrected chi connectivity index (χ1v) is 19.8. The van der Waals surface area contributed by atoms with E-state index >= 15 is 0 Å². The number of rotatable bonds is 4. The van der Waals surface area contributed by atoms with Crippen LogP contribution in [0.1, 0.15) is 0 Å². The molecule has 0 aliphatic carbocycles. The van der Waals surface area contributed by atoms with Gasteiger partial charge >= 0.3 is 0 Å². The summed E-state index contributed by atoms with van der Waals surface area (Å²) in [6.45, 7) is 0. The molecule has 0 bridgehead atoms. The van der Waals surface area contributed by atoms with E-state index in [0.29, 0.717) is 17.5 Å². The van der Waals surface area contributed by atoms with Crippen LogP contribution in [0.3, 0.4) is 0 Å². The van der Waals surface area contributed by atoms with E-state index in [2.05, 4.69) is 114 Å². The van der Waals surface area contributed by atoms with E-state index in [9.17, 15) is 0 Å². The summed E-state index contributed by atoms with van der Waals surface area (Å²) in [4.78, 5) is 15.7. The van der Waals surface area contributed by atoms with Crippen LogP contribution in [0.2, 0.25) is 0 Å². The number of aromatic nitrogens is 4. The lowest BCUT2D eigenvalue weighted by atomic mass is 10.0. The molecule has 6 heteroatoms. The molecule has 0 saturated heterocycles. The molecule has 9 aromatic carbocycles. The molecule has 0 atom stereocenters. The molecule has 0 unspecified atom stereocenters. The highest BCUT2D eigenvalue weighted by atomic mass is 16.3. The largest absolute Gasteiger partial charge is 0.456 e. The number of nitrogens with zero attached hydrogens (tertiary/aromatic N) is 4. The molecule has 0 saturated carbocycles. The van der Waals surface area contributed by atoms with Gasteiger partial charge in [0.2, 0.25) is 0 Å². The van der Waals surface area contributed by atoms with Gasteiger partial charge in [0.15, 0.2) is 17.5 Å². The Bertz CT molecular complexity index is 3860. The van der Waals surface area contributed by atoms with Crippen molar-refractivity contribution in [2.75, 3.05) is 0 Å². The first kappa shape index (κ1) is 32.0. The summed E-state index contributed by atoms with van der Waals surface area (Å²) >= 11 is 0. The van der Waals surface area contributed by atoms with E-state index in [0.717, 1.165) is 77.3 Å². The minimum absolute atomic E-state index is 0.522. The Kier molecular flexibility index (Phi) is 6.63. The van der Waals surface area contributed by atoms with Gasteiger partial charge in [-0.05, 0) is 82.2 Å². The number of para-hydroxylation sites is 2. The highest BCUT2D eigenvalue weighted by Gasteiger charge is 2.23. The summed E-state index contributed by atoms with van der Waals surface area (Å²) in [6.07, 6.45) is 0. The minimum atomic E-state index is 0.522. The maximum atomic E-state index is 6.77. The predicted octanol–water partition coefficient (Wildman–Crippen LogP) is 14.1. The average molecular weight is 755 g/mol. The van der Waals surface area contributed by atoms with Crippen molar-refractivity contribution in [3.63, 3.8) is 0 Å². The number of hydrogen-bond donors (Lipinski definition) is 0. The molecule has 13 aromatic rings. The van der Waals surface area contributed by atoms with Crippen LogP contribution in [-0.4, -0.2) is 19.5 Å². The van der Waals surface area contributed by atoms with Gasteiger partial charge in [-0.25, -0.2) is 15.0 Å². The van der Waals surface area contributed by atoms with Crippen LogP contribution in [0.15, 0.2) is 191 Å². The highest BCUT2D eigenvalue weighted by Crippen LogP contribution is 2.43. The molecular weight excluding hydrogens is 725 g/mol. The molecule has 0 spiro atoms. The average Bonchev–Trinajstić information content (AvgIpc) is 3.97. The van der Waals surface area contributed by atoms with Crippen LogP contribution in [0.25, 0.3) is 127 Å². The third-order valence-corrected chi connectivity index (χ3v) is 11.8. The monoisotopic (exact) mass is 754 g/mol. The molecule has 274 valence electrons. The topological polar surface area (TPSA) is 69.9 Å². The molecule has 4 aromatic heterocycles. The van der Waals surface area contributed by atoms with Crippen molar-refractivity contribution in [2.24, 2.45) is 0 Å². The quantitative estimate of drug-likeness (QED) is 0.179. The smallest absolute Gasteiger partial charge is 0.167 e. The van der Waals surface area contributed by atoms with E-state index in [-0.39, 0.29) is 0 Å². The van der Waals surface area contributed by atoms with Gasteiger partial charge in [0, 0.05) is 49.1 Å². The summed E-state index contributed by atoms with van der Waals surface area (Å²) < 4.78 is 15.4. The summed E-state index contributed by atoms with van der Waals surface area (Å²) in [6, 6.07) is 63.4. The zero-order valence-corrected chi connectivity index (χ0v) is 31.4. The Morgan fingerprint density at radius 1 is 0.356 bits per heavy atom. The van der Waals surface area contributed by atoms with Crippen molar-refractivity contribution < 1.29 is 8.83 Å². The van der Waals surface area contributed by atoms with Crippen molar-refractivity contribution in [3.05, 3.63) is 182 Å². The Labute approximate surface area is 336 Å². The van der Waals surface area contributed by atoms with Crippen LogP contribution in [-0.2, 0) is 0 Å². The summed E-state index contributed by atoms with van der Waals surface area (Å²) in [5.74, 6) is 1.66. The van der Waals surface area contributed by atoms with Gasteiger partial charge in [-0.15, -0.1) is 0 Å². The zero-order chi connectivity index (χ0) is 38.6. The molecule has 0 aliphatic heterocycles. The third kappa shape index (κ3) is 4.84. The standard InChI is InChI=1S/C53H30N4O2/c1-2-13-32(14-3-1)51-54-52(35-23-25-48-40(27-35)38-18-8-10-20-46(38)58-48)56-53(55-51)43-30-36(29-41-39-19-9-11-21-47(39)59-50(41)43)57-44-24-22-31-12-6-7-17-37(31)49(44)42-26-33-15-4-5-16-34(33)28-45(42)57/h1-30H. The zero-order valence-electron chi connectivity index (χ0n) is 31.4. The van der Waals surface area contributed by atoms with E-state index in [1.807, 2.05) is 72.8 Å². The SMILES string of the molecule is c1ccc(-c2nc(-c3ccc4oc5ccccc5c4c3)nc(-c3cc(-n4c5cc6ccccc6cc5c5c6ccccc6ccc54)cc4c3oc3ccccc34)n2)cc1. The maximum Gasteiger partial charge on any atom is 0.167 e. The van der Waals surface area contributed by atoms with Gasteiger partial charge in [-0.1, -0.05) is 121 Å². The fourth-order valence-electron chi connectivity index (χ4n) is 9.06. The fraction of sp³-hybridized carbons (Fsp3) is 0. The Morgan fingerprint density at radius 2 is 0.983 bits per heavy atom. The molecule has 13 rings (SSSR count). The van der Waals surface area contributed by atoms with Crippen molar-refractivity contribution >= 4 is 87.2 Å². The van der Waals surface area contributed by atoms with Gasteiger partial charge in [0.05, 0.1) is 16.6 Å². The molecule has 0 N–H and O–H groups in total. The fourth-order valence-corrected chi connectivity index (χ4v) is 9.06. The van der Waals surface area contributed by atoms with E-state index in [1.54, 1.807) is 0 Å². The third-order valence-electron chi connectivity index (χ3n) is 11.8. The Morgan fingerprint density at radius 3 is 1.80 bits per heavy atom. The van der Waals surface area contributed by atoms with Gasteiger partial charge in [0.25, 0.3) is 0 Å². The summed E-state index contributed by atoms with van der Waals surface area (Å²) in [5, 5.41) is 11.3. The summed E-state index contributed by atoms with van der Waals surface area (Å²) in [7, 11) is 0. The lowest BCUT2D eigenvalue weighted by Gasteiger charge is -2.13. The number of fused-ring (bicyclic) bond motifs is 12. The van der Waals surface area contributed by atoms with Crippen LogP contribution < -0.4 is 0 Å². The lowest BCUT2D eigenvalue weighted by molar-refractivity contribution is 0.669. The molecule has 0 radical (unpaired) electrons. The highest BCUT2D eigenvalue weighted by molar-refractivity contribution is 6.23. The first-order chi connectivity index (χ1) is 29.2. The molecule has 0 amide bonds. The van der Waals surface area contributed by atoms with Crippen molar-refractivity contribution in [1.29, 1.82) is 0 Å². The second-order valence-electron chi connectivity index (χ2n) is 15.2. The Balaban J connectivity index is 1.13. The van der Waals surface area contributed by atoms with E-state index in [1.165, 1.54) is 32.3 Å². The maximum absolute atomic E-state index is 6.77. The second-order valence-corrected chi connectivity index (χ2v) is 15.2. The number of benzene rings is 9. The van der Waals surface area contributed by atoms with Crippen LogP contribution >= 0.6 is 0 Å². The van der Waals surface area contributed by atoms with E-state index in [4.69, 9.17) is 23.8 Å². The van der Waals surface area contributed by atoms with Crippen molar-refractivity contribution in [3.8, 4) is 39.9 Å². The van der Waals surface area contributed by atoms with Gasteiger partial charge in [-0.3, -0.25) is 0 Å². The second kappa shape index (κ2) is 12.2. The minimum Gasteiger partial charge on any atom is -0.456 e. The van der Waals surface area contributed by atoms with E-state index < -0.39 is 0 Å². The number of furan rings is 2. The first-order valence-electron chi connectivity index (χ1n) is 19.8. The van der Waals surface area contributed by atoms with Crippen LogP contribution in [0.5, 0.6) is 0 Å². The van der Waals surface area contributed by atoms with Gasteiger partial charge in [0.1, 0.15) is 22.3 Å². The molecule has 4 heterocycles. The van der Waals surface area contributed by atoms with Gasteiger partial charge < -0.3 is 13.4 Å². The van der Waals surface area contributed by atoms with Crippen LogP contribution in [0.4, 0.5) is 0 Å². The normalized spacial score (nSPS) is 12.1. The molecule has 59 heavy (non-hydrogen) atoms. The molecule has 0 fully saturated rings. The van der Waals surface area contributed by atoms with Crippen molar-refractivity contribution in [2.45, 2.75) is 0 Å². The molecule has 0 aliphatic rings. The van der Waals surface area contributed by atoms with Crippen LogP contribution in [0, 0.1) is 0 Å². The Hall–Kier alpha value is -8.09. The number of hydrogen-bond acceptors (Lipinski definition) is 5. The predicted molar refractivity (Wildman–Crippen MR) is 240 cm³/mol. The molecule has 6 nitrogen and oxygen atoms in total. The van der Waals surface area contributed by atoms with Gasteiger partial charge in [-0.2, -0.15) is 0 Å². The summed E-state index contributed by atoms with van der Waals surface area (Å²) in [5.41, 5.74) is 8.94. The van der Waals surface area contributed by atoms with Crippen molar-refractivity contribution in [1.82, 2.24) is 19.5 Å². The lowest BCUT2D eigenvalue weighted by Crippen LogP contribution is -2.01.